The van der Waals surface area contributed by atoms with Crippen LogP contribution in [0.2, 0.25) is 0 Å². The summed E-state index contributed by atoms with van der Waals surface area (Å²) in [7, 11) is 0. The zero-order chi connectivity index (χ0) is 8.70. The minimum atomic E-state index is -0.982. The molecule has 66 valence electrons. The Balaban J connectivity index is 2.37. The van der Waals surface area contributed by atoms with E-state index in [-0.39, 0.29) is 5.54 Å². The van der Waals surface area contributed by atoms with Gasteiger partial charge in [-0.15, -0.1) is 0 Å². The molecule has 0 aromatic heterocycles. The minimum absolute atomic E-state index is 0.197. The van der Waals surface area contributed by atoms with E-state index in [9.17, 15) is 4.39 Å². The maximum Gasteiger partial charge on any atom is 0.111 e. The number of hydrogen-bond acceptors (Lipinski definition) is 1. The van der Waals surface area contributed by atoms with E-state index in [1.807, 2.05) is 0 Å². The predicted octanol–water partition coefficient (Wildman–Crippen LogP) is 2.25. The molecule has 0 aromatic rings. The van der Waals surface area contributed by atoms with E-state index in [0.29, 0.717) is 18.8 Å². The number of halogens is 1. The molecule has 0 amide bonds. The summed E-state index contributed by atoms with van der Waals surface area (Å²) < 4.78 is 13.1. The van der Waals surface area contributed by atoms with Gasteiger partial charge in [0.1, 0.15) is 5.67 Å². The van der Waals surface area contributed by atoms with Crippen LogP contribution >= 0.6 is 0 Å². The first-order valence-electron chi connectivity index (χ1n) is 4.31. The van der Waals surface area contributed by atoms with Crippen molar-refractivity contribution in [2.24, 2.45) is 11.7 Å². The van der Waals surface area contributed by atoms with Crippen molar-refractivity contribution >= 4 is 0 Å². The molecule has 0 unspecified atom stereocenters. The van der Waals surface area contributed by atoms with E-state index >= 15 is 0 Å². The maximum atomic E-state index is 13.1. The molecule has 2 N–H and O–H groups in total. The molecule has 1 fully saturated rings. The lowest BCUT2D eigenvalue weighted by Crippen LogP contribution is -2.59. The summed E-state index contributed by atoms with van der Waals surface area (Å²) in [5.41, 5.74) is 4.76. The first-order valence-corrected chi connectivity index (χ1v) is 4.31. The predicted molar refractivity (Wildman–Crippen MR) is 45.1 cm³/mol. The van der Waals surface area contributed by atoms with Crippen molar-refractivity contribution < 1.29 is 4.39 Å². The third kappa shape index (κ3) is 2.16. The number of rotatable bonds is 2. The molecule has 1 nitrogen and oxygen atoms in total. The van der Waals surface area contributed by atoms with Crippen LogP contribution in [0.25, 0.3) is 0 Å². The number of nitrogens with two attached hydrogens (primary N) is 1. The molecule has 11 heavy (non-hydrogen) atoms. The van der Waals surface area contributed by atoms with Crippen LogP contribution in [0.5, 0.6) is 0 Å². The van der Waals surface area contributed by atoms with Crippen molar-refractivity contribution in [3.8, 4) is 0 Å². The van der Waals surface area contributed by atoms with Crippen LogP contribution in [0.4, 0.5) is 4.39 Å². The fourth-order valence-corrected chi connectivity index (χ4v) is 2.37. The van der Waals surface area contributed by atoms with Gasteiger partial charge in [-0.25, -0.2) is 4.39 Å². The lowest BCUT2D eigenvalue weighted by Gasteiger charge is -2.48. The topological polar surface area (TPSA) is 26.0 Å². The van der Waals surface area contributed by atoms with Gasteiger partial charge in [0.2, 0.25) is 0 Å². The second-order valence-corrected chi connectivity index (χ2v) is 4.73. The third-order valence-corrected chi connectivity index (χ3v) is 2.26. The van der Waals surface area contributed by atoms with Crippen molar-refractivity contribution in [2.45, 2.75) is 51.2 Å². The smallest absolute Gasteiger partial charge is 0.111 e. The van der Waals surface area contributed by atoms with Crippen molar-refractivity contribution in [1.29, 1.82) is 0 Å². The molecule has 0 atom stereocenters. The Morgan fingerprint density at radius 3 is 2.18 bits per heavy atom. The standard InChI is InChI=1S/C9H18FN/c1-7(2)4-9(11)5-8(3,10)6-9/h7H,4-6,11H2,1-3H3. The Morgan fingerprint density at radius 2 is 1.91 bits per heavy atom. The molecule has 0 bridgehead atoms. The Labute approximate surface area is 68.2 Å². The van der Waals surface area contributed by atoms with E-state index in [4.69, 9.17) is 5.73 Å². The molecule has 2 heteroatoms. The van der Waals surface area contributed by atoms with Gasteiger partial charge in [-0.3, -0.25) is 0 Å². The van der Waals surface area contributed by atoms with E-state index in [1.54, 1.807) is 6.92 Å². The van der Waals surface area contributed by atoms with Crippen molar-refractivity contribution in [2.75, 3.05) is 0 Å². The van der Waals surface area contributed by atoms with Crippen LogP contribution in [0, 0.1) is 5.92 Å². The van der Waals surface area contributed by atoms with Crippen LogP contribution in [-0.2, 0) is 0 Å². The SMILES string of the molecule is CC(C)CC1(N)CC(C)(F)C1. The molecule has 0 heterocycles. The molecular weight excluding hydrogens is 141 g/mol. The first kappa shape index (κ1) is 8.98. The first-order chi connectivity index (χ1) is 4.83. The largest absolute Gasteiger partial charge is 0.325 e. The van der Waals surface area contributed by atoms with E-state index in [0.717, 1.165) is 6.42 Å². The van der Waals surface area contributed by atoms with Gasteiger partial charge in [0.05, 0.1) is 0 Å². The average molecular weight is 159 g/mol. The molecule has 1 saturated carbocycles. The van der Waals surface area contributed by atoms with Gasteiger partial charge < -0.3 is 5.73 Å². The second kappa shape index (κ2) is 2.44. The van der Waals surface area contributed by atoms with Crippen LogP contribution in [-0.4, -0.2) is 11.2 Å². The fraction of sp³-hybridized carbons (Fsp3) is 1.00. The monoisotopic (exact) mass is 159 g/mol. The highest BCUT2D eigenvalue weighted by molar-refractivity contribution is 5.06. The van der Waals surface area contributed by atoms with E-state index in [1.165, 1.54) is 0 Å². The second-order valence-electron chi connectivity index (χ2n) is 4.73. The van der Waals surface area contributed by atoms with Crippen molar-refractivity contribution in [1.82, 2.24) is 0 Å². The highest BCUT2D eigenvalue weighted by Gasteiger charge is 2.49. The lowest BCUT2D eigenvalue weighted by atomic mass is 9.64. The number of hydrogen-bond donors (Lipinski definition) is 1. The Kier molecular flexibility index (Phi) is 1.99. The Bertz CT molecular complexity index is 138. The molecule has 1 aliphatic carbocycles. The van der Waals surface area contributed by atoms with Gasteiger partial charge in [0, 0.05) is 5.54 Å². The van der Waals surface area contributed by atoms with Crippen molar-refractivity contribution in [3.05, 3.63) is 0 Å². The van der Waals surface area contributed by atoms with Gasteiger partial charge in [0.15, 0.2) is 0 Å². The average Bonchev–Trinajstić information content (AvgIpc) is 1.52. The summed E-state index contributed by atoms with van der Waals surface area (Å²) in [5, 5.41) is 0. The van der Waals surface area contributed by atoms with Crippen LogP contribution in [0.15, 0.2) is 0 Å². The molecule has 1 aliphatic rings. The Hall–Kier alpha value is -0.110. The van der Waals surface area contributed by atoms with Crippen LogP contribution in [0.1, 0.15) is 40.0 Å². The highest BCUT2D eigenvalue weighted by atomic mass is 19.1. The summed E-state index contributed by atoms with van der Waals surface area (Å²) in [6, 6.07) is 0. The third-order valence-electron chi connectivity index (χ3n) is 2.26. The summed E-state index contributed by atoms with van der Waals surface area (Å²) in [4.78, 5) is 0. The minimum Gasteiger partial charge on any atom is -0.325 e. The van der Waals surface area contributed by atoms with Crippen molar-refractivity contribution in [3.63, 3.8) is 0 Å². The quantitative estimate of drug-likeness (QED) is 0.657. The summed E-state index contributed by atoms with van der Waals surface area (Å²) in [6.07, 6.45) is 2.03. The molecule has 0 saturated heterocycles. The zero-order valence-corrected chi connectivity index (χ0v) is 7.65. The van der Waals surface area contributed by atoms with Gasteiger partial charge in [0.25, 0.3) is 0 Å². The molecule has 1 rings (SSSR count). The van der Waals surface area contributed by atoms with Gasteiger partial charge >= 0.3 is 0 Å². The highest BCUT2D eigenvalue weighted by Crippen LogP contribution is 2.45. The molecular formula is C9H18FN. The summed E-state index contributed by atoms with van der Waals surface area (Å²) >= 11 is 0. The summed E-state index contributed by atoms with van der Waals surface area (Å²) in [5.74, 6) is 0.580. The van der Waals surface area contributed by atoms with E-state index < -0.39 is 5.67 Å². The molecule has 0 radical (unpaired) electrons. The Morgan fingerprint density at radius 1 is 1.45 bits per heavy atom. The normalized spacial score (nSPS) is 44.2. The molecule has 0 spiro atoms. The van der Waals surface area contributed by atoms with Gasteiger partial charge in [-0.2, -0.15) is 0 Å². The molecule has 0 aromatic carbocycles. The lowest BCUT2D eigenvalue weighted by molar-refractivity contribution is -0.00637. The molecule has 0 aliphatic heterocycles. The fourth-order valence-electron chi connectivity index (χ4n) is 2.37. The summed E-state index contributed by atoms with van der Waals surface area (Å²) in [6.45, 7) is 5.89. The number of alkyl halides is 1. The van der Waals surface area contributed by atoms with E-state index in [2.05, 4.69) is 13.8 Å². The van der Waals surface area contributed by atoms with Gasteiger partial charge in [-0.05, 0) is 32.1 Å². The van der Waals surface area contributed by atoms with Crippen LogP contribution in [0.3, 0.4) is 0 Å². The van der Waals surface area contributed by atoms with Gasteiger partial charge in [-0.1, -0.05) is 13.8 Å². The van der Waals surface area contributed by atoms with Crippen LogP contribution < -0.4 is 5.73 Å². The zero-order valence-electron chi connectivity index (χ0n) is 7.65. The maximum absolute atomic E-state index is 13.1.